The fourth-order valence-electron chi connectivity index (χ4n) is 1.32. The van der Waals surface area contributed by atoms with Crippen LogP contribution in [0.3, 0.4) is 0 Å². The molecule has 15 heavy (non-hydrogen) atoms. The average molecular weight is 224 g/mol. The summed E-state index contributed by atoms with van der Waals surface area (Å²) in [6, 6.07) is 6.37. The van der Waals surface area contributed by atoms with E-state index in [2.05, 4.69) is 5.16 Å². The maximum atomic E-state index is 13.6. The van der Waals surface area contributed by atoms with Gasteiger partial charge in [0.15, 0.2) is 11.6 Å². The second kappa shape index (κ2) is 3.94. The molecule has 0 aliphatic carbocycles. The predicted molar refractivity (Wildman–Crippen MR) is 58.1 cm³/mol. The van der Waals surface area contributed by atoms with Crippen LogP contribution in [0.15, 0.2) is 33.7 Å². The van der Waals surface area contributed by atoms with Gasteiger partial charge >= 0.3 is 0 Å². The summed E-state index contributed by atoms with van der Waals surface area (Å²) in [6.07, 6.45) is 1.87. The van der Waals surface area contributed by atoms with Gasteiger partial charge in [0.25, 0.3) is 0 Å². The SMILES string of the molecule is CSc1cccc(F)c1-c1cc(N)no1. The van der Waals surface area contributed by atoms with E-state index in [9.17, 15) is 4.39 Å². The quantitative estimate of drug-likeness (QED) is 0.797. The van der Waals surface area contributed by atoms with Gasteiger partial charge in [-0.1, -0.05) is 11.2 Å². The summed E-state index contributed by atoms with van der Waals surface area (Å²) in [5, 5.41) is 3.54. The number of nitrogen functional groups attached to an aromatic ring is 1. The van der Waals surface area contributed by atoms with E-state index in [1.807, 2.05) is 12.3 Å². The molecule has 78 valence electrons. The molecule has 2 rings (SSSR count). The molecular weight excluding hydrogens is 215 g/mol. The Morgan fingerprint density at radius 2 is 2.27 bits per heavy atom. The first-order valence-electron chi connectivity index (χ1n) is 4.27. The van der Waals surface area contributed by atoms with E-state index in [-0.39, 0.29) is 11.6 Å². The molecule has 1 aromatic carbocycles. The molecule has 1 heterocycles. The van der Waals surface area contributed by atoms with Gasteiger partial charge in [0.05, 0.1) is 5.56 Å². The van der Waals surface area contributed by atoms with E-state index >= 15 is 0 Å². The number of halogens is 1. The Labute approximate surface area is 90.4 Å². The first-order valence-corrected chi connectivity index (χ1v) is 5.50. The van der Waals surface area contributed by atoms with Gasteiger partial charge in [-0.25, -0.2) is 4.39 Å². The summed E-state index contributed by atoms with van der Waals surface area (Å²) in [4.78, 5) is 0.797. The van der Waals surface area contributed by atoms with Crippen LogP contribution in [0.4, 0.5) is 10.2 Å². The van der Waals surface area contributed by atoms with Crippen molar-refractivity contribution in [2.75, 3.05) is 12.0 Å². The van der Waals surface area contributed by atoms with Crippen molar-refractivity contribution in [2.24, 2.45) is 0 Å². The molecular formula is C10H9FN2OS. The van der Waals surface area contributed by atoms with Gasteiger partial charge in [-0.05, 0) is 18.4 Å². The minimum absolute atomic E-state index is 0.250. The van der Waals surface area contributed by atoms with Crippen LogP contribution < -0.4 is 5.73 Å². The predicted octanol–water partition coefficient (Wildman–Crippen LogP) is 2.78. The lowest BCUT2D eigenvalue weighted by molar-refractivity contribution is 0.432. The molecule has 0 atom stereocenters. The fraction of sp³-hybridized carbons (Fsp3) is 0.100. The summed E-state index contributed by atoms with van der Waals surface area (Å²) < 4.78 is 18.5. The third kappa shape index (κ3) is 1.83. The summed E-state index contributed by atoms with van der Waals surface area (Å²) in [5.74, 6) is 0.272. The number of anilines is 1. The van der Waals surface area contributed by atoms with Crippen LogP contribution in [-0.2, 0) is 0 Å². The number of rotatable bonds is 2. The van der Waals surface area contributed by atoms with Crippen LogP contribution in [0.5, 0.6) is 0 Å². The summed E-state index contributed by atoms with van der Waals surface area (Å²) in [7, 11) is 0. The average Bonchev–Trinajstić information content (AvgIpc) is 2.64. The third-order valence-corrected chi connectivity index (χ3v) is 2.75. The Morgan fingerprint density at radius 3 is 2.87 bits per heavy atom. The Bertz CT molecular complexity index is 484. The van der Waals surface area contributed by atoms with Gasteiger partial charge in [0, 0.05) is 11.0 Å². The van der Waals surface area contributed by atoms with Crippen molar-refractivity contribution < 1.29 is 8.91 Å². The van der Waals surface area contributed by atoms with Crippen molar-refractivity contribution in [3.63, 3.8) is 0 Å². The molecule has 0 saturated heterocycles. The van der Waals surface area contributed by atoms with E-state index < -0.39 is 0 Å². The second-order valence-electron chi connectivity index (χ2n) is 2.93. The highest BCUT2D eigenvalue weighted by Gasteiger charge is 2.14. The topological polar surface area (TPSA) is 52.0 Å². The molecule has 0 saturated carbocycles. The van der Waals surface area contributed by atoms with E-state index in [0.717, 1.165) is 4.90 Å². The maximum absolute atomic E-state index is 13.6. The van der Waals surface area contributed by atoms with Crippen molar-refractivity contribution in [1.82, 2.24) is 5.16 Å². The number of nitrogens with two attached hydrogens (primary N) is 1. The number of benzene rings is 1. The zero-order valence-electron chi connectivity index (χ0n) is 8.03. The lowest BCUT2D eigenvalue weighted by Gasteiger charge is -2.03. The van der Waals surface area contributed by atoms with Gasteiger partial charge in [-0.3, -0.25) is 0 Å². The fourth-order valence-corrected chi connectivity index (χ4v) is 1.94. The molecule has 0 amide bonds. The van der Waals surface area contributed by atoms with E-state index in [1.54, 1.807) is 6.07 Å². The normalized spacial score (nSPS) is 10.5. The third-order valence-electron chi connectivity index (χ3n) is 1.97. The number of thioether (sulfide) groups is 1. The van der Waals surface area contributed by atoms with Crippen molar-refractivity contribution >= 4 is 17.6 Å². The highest BCUT2D eigenvalue weighted by atomic mass is 32.2. The van der Waals surface area contributed by atoms with Crippen LogP contribution in [0.2, 0.25) is 0 Å². The molecule has 0 unspecified atom stereocenters. The zero-order valence-corrected chi connectivity index (χ0v) is 8.84. The van der Waals surface area contributed by atoms with Crippen molar-refractivity contribution in [1.29, 1.82) is 0 Å². The van der Waals surface area contributed by atoms with Gasteiger partial charge in [0.1, 0.15) is 5.82 Å². The lowest BCUT2D eigenvalue weighted by Crippen LogP contribution is -1.85. The molecule has 0 fully saturated rings. The van der Waals surface area contributed by atoms with E-state index in [0.29, 0.717) is 11.3 Å². The van der Waals surface area contributed by atoms with E-state index in [4.69, 9.17) is 10.3 Å². The van der Waals surface area contributed by atoms with Gasteiger partial charge in [0.2, 0.25) is 0 Å². The molecule has 5 heteroatoms. The number of aromatic nitrogens is 1. The Balaban J connectivity index is 2.60. The zero-order chi connectivity index (χ0) is 10.8. The van der Waals surface area contributed by atoms with Crippen LogP contribution in [-0.4, -0.2) is 11.4 Å². The van der Waals surface area contributed by atoms with Gasteiger partial charge in [-0.15, -0.1) is 11.8 Å². The van der Waals surface area contributed by atoms with Gasteiger partial charge in [-0.2, -0.15) is 0 Å². The summed E-state index contributed by atoms with van der Waals surface area (Å²) in [6.45, 7) is 0. The lowest BCUT2D eigenvalue weighted by atomic mass is 10.1. The molecule has 2 N–H and O–H groups in total. The minimum atomic E-state index is -0.335. The van der Waals surface area contributed by atoms with Crippen molar-refractivity contribution in [3.8, 4) is 11.3 Å². The Kier molecular flexibility index (Phi) is 2.64. The van der Waals surface area contributed by atoms with Crippen molar-refractivity contribution in [2.45, 2.75) is 4.90 Å². The molecule has 2 aromatic rings. The molecule has 1 aromatic heterocycles. The molecule has 0 aliphatic rings. The first kappa shape index (κ1) is 10.0. The molecule has 0 radical (unpaired) electrons. The molecule has 3 nitrogen and oxygen atoms in total. The first-order chi connectivity index (χ1) is 7.22. The standard InChI is InChI=1S/C10H9FN2OS/c1-15-8-4-2-3-6(11)10(8)7-5-9(12)13-14-7/h2-5H,1H3,(H2,12,13). The highest BCUT2D eigenvalue weighted by Crippen LogP contribution is 2.33. The Hall–Kier alpha value is -1.49. The maximum Gasteiger partial charge on any atom is 0.173 e. The largest absolute Gasteiger partial charge is 0.381 e. The molecule has 0 spiro atoms. The summed E-state index contributed by atoms with van der Waals surface area (Å²) >= 11 is 1.45. The van der Waals surface area contributed by atoms with Gasteiger partial charge < -0.3 is 10.3 Å². The number of nitrogens with zero attached hydrogens (tertiary/aromatic N) is 1. The molecule has 0 aliphatic heterocycles. The molecule has 0 bridgehead atoms. The minimum Gasteiger partial charge on any atom is -0.381 e. The smallest absolute Gasteiger partial charge is 0.173 e. The monoisotopic (exact) mass is 224 g/mol. The van der Waals surface area contributed by atoms with E-state index in [1.165, 1.54) is 23.9 Å². The van der Waals surface area contributed by atoms with Crippen LogP contribution in [0, 0.1) is 5.82 Å². The van der Waals surface area contributed by atoms with Crippen molar-refractivity contribution in [3.05, 3.63) is 30.1 Å². The number of hydrogen-bond acceptors (Lipinski definition) is 4. The number of hydrogen-bond donors (Lipinski definition) is 1. The van der Waals surface area contributed by atoms with Crippen LogP contribution in [0.1, 0.15) is 0 Å². The van der Waals surface area contributed by atoms with Crippen LogP contribution in [0.25, 0.3) is 11.3 Å². The summed E-state index contributed by atoms with van der Waals surface area (Å²) in [5.41, 5.74) is 5.83. The second-order valence-corrected chi connectivity index (χ2v) is 3.78. The van der Waals surface area contributed by atoms with Crippen LogP contribution >= 0.6 is 11.8 Å². The Morgan fingerprint density at radius 1 is 1.47 bits per heavy atom. The highest BCUT2D eigenvalue weighted by molar-refractivity contribution is 7.98.